The summed E-state index contributed by atoms with van der Waals surface area (Å²) in [7, 11) is 0. The van der Waals surface area contributed by atoms with Crippen LogP contribution < -0.4 is 10.6 Å². The lowest BCUT2D eigenvalue weighted by molar-refractivity contribution is 0.0999. The quantitative estimate of drug-likeness (QED) is 0.760. The second-order valence-electron chi connectivity index (χ2n) is 3.74. The number of nitrogens with two attached hydrogens (primary N) is 1. The summed E-state index contributed by atoms with van der Waals surface area (Å²) in [4.78, 5) is 13.9. The number of nitrogens with zero attached hydrogens (tertiary/aromatic N) is 1. The Morgan fingerprint density at radius 2 is 2.00 bits per heavy atom. The maximum absolute atomic E-state index is 11.7. The van der Waals surface area contributed by atoms with Crippen molar-refractivity contribution < 1.29 is 9.53 Å². The van der Waals surface area contributed by atoms with Crippen molar-refractivity contribution in [2.75, 3.05) is 37.7 Å². The van der Waals surface area contributed by atoms with E-state index in [-0.39, 0.29) is 12.3 Å². The highest BCUT2D eigenvalue weighted by atomic mass is 16.5. The molecular weight excluding hydrogens is 204 g/mol. The summed E-state index contributed by atoms with van der Waals surface area (Å²) in [6, 6.07) is 7.61. The molecule has 1 aromatic carbocycles. The largest absolute Gasteiger partial charge is 0.378 e. The smallest absolute Gasteiger partial charge is 0.178 e. The number of anilines is 1. The number of carbonyl (C=O) groups is 1. The van der Waals surface area contributed by atoms with Gasteiger partial charge in [0.2, 0.25) is 0 Å². The van der Waals surface area contributed by atoms with Gasteiger partial charge in [0.25, 0.3) is 0 Å². The maximum atomic E-state index is 11.7. The topological polar surface area (TPSA) is 55.6 Å². The van der Waals surface area contributed by atoms with E-state index in [4.69, 9.17) is 10.5 Å². The number of carbonyl (C=O) groups excluding carboxylic acids is 1. The molecular formula is C12H16N2O2. The highest BCUT2D eigenvalue weighted by molar-refractivity contribution is 6.02. The molecule has 1 saturated heterocycles. The number of hydrogen-bond donors (Lipinski definition) is 1. The van der Waals surface area contributed by atoms with Gasteiger partial charge in [0.15, 0.2) is 5.78 Å². The van der Waals surface area contributed by atoms with Gasteiger partial charge < -0.3 is 15.4 Å². The first-order chi connectivity index (χ1) is 7.83. The Morgan fingerprint density at radius 1 is 1.31 bits per heavy atom. The van der Waals surface area contributed by atoms with Crippen molar-refractivity contribution in [3.8, 4) is 0 Å². The molecule has 2 N–H and O–H groups in total. The first-order valence-electron chi connectivity index (χ1n) is 5.48. The summed E-state index contributed by atoms with van der Waals surface area (Å²) in [6.07, 6.45) is 0. The second-order valence-corrected chi connectivity index (χ2v) is 3.74. The van der Waals surface area contributed by atoms with E-state index in [1.807, 2.05) is 24.3 Å². The third-order valence-electron chi connectivity index (χ3n) is 2.74. The number of ketones is 1. The first-order valence-corrected chi connectivity index (χ1v) is 5.48. The van der Waals surface area contributed by atoms with Crippen LogP contribution in [0.15, 0.2) is 24.3 Å². The van der Waals surface area contributed by atoms with Crippen molar-refractivity contribution in [2.45, 2.75) is 0 Å². The van der Waals surface area contributed by atoms with Crippen LogP contribution in [-0.4, -0.2) is 38.6 Å². The normalized spacial score (nSPS) is 16.2. The summed E-state index contributed by atoms with van der Waals surface area (Å²) in [5.41, 5.74) is 7.10. The van der Waals surface area contributed by atoms with Gasteiger partial charge in [0.1, 0.15) is 0 Å². The monoisotopic (exact) mass is 220 g/mol. The molecule has 4 heteroatoms. The molecule has 0 amide bonds. The number of morpholine rings is 1. The molecule has 4 nitrogen and oxygen atoms in total. The number of hydrogen-bond acceptors (Lipinski definition) is 4. The SMILES string of the molecule is NCC(=O)c1ccccc1N1CCOCC1. The molecule has 0 unspecified atom stereocenters. The fourth-order valence-corrected chi connectivity index (χ4v) is 1.90. The average molecular weight is 220 g/mol. The molecule has 1 aromatic rings. The minimum absolute atomic E-state index is 0.0120. The van der Waals surface area contributed by atoms with Gasteiger partial charge in [-0.25, -0.2) is 0 Å². The number of rotatable bonds is 3. The standard InChI is InChI=1S/C12H16N2O2/c13-9-12(15)10-3-1-2-4-11(10)14-5-7-16-8-6-14/h1-4H,5-9,13H2. The van der Waals surface area contributed by atoms with E-state index in [0.29, 0.717) is 18.8 Å². The summed E-state index contributed by atoms with van der Waals surface area (Å²) >= 11 is 0. The molecule has 0 aromatic heterocycles. The molecule has 1 heterocycles. The van der Waals surface area contributed by atoms with E-state index in [1.165, 1.54) is 0 Å². The molecule has 0 atom stereocenters. The zero-order valence-electron chi connectivity index (χ0n) is 9.19. The van der Waals surface area contributed by atoms with Crippen molar-refractivity contribution in [2.24, 2.45) is 5.73 Å². The maximum Gasteiger partial charge on any atom is 0.178 e. The van der Waals surface area contributed by atoms with Crippen molar-refractivity contribution in [1.82, 2.24) is 0 Å². The zero-order valence-corrected chi connectivity index (χ0v) is 9.19. The summed E-state index contributed by atoms with van der Waals surface area (Å²) in [6.45, 7) is 3.14. The van der Waals surface area contributed by atoms with Gasteiger partial charge in [-0.3, -0.25) is 4.79 Å². The van der Waals surface area contributed by atoms with E-state index in [9.17, 15) is 4.79 Å². The van der Waals surface area contributed by atoms with E-state index < -0.39 is 0 Å². The van der Waals surface area contributed by atoms with Crippen LogP contribution in [0, 0.1) is 0 Å². The molecule has 0 saturated carbocycles. The lowest BCUT2D eigenvalue weighted by Gasteiger charge is -2.30. The minimum Gasteiger partial charge on any atom is -0.378 e. The average Bonchev–Trinajstić information content (AvgIpc) is 2.39. The molecule has 2 rings (SSSR count). The minimum atomic E-state index is -0.0120. The summed E-state index contributed by atoms with van der Waals surface area (Å²) < 4.78 is 5.30. The van der Waals surface area contributed by atoms with Gasteiger partial charge in [0, 0.05) is 24.3 Å². The van der Waals surface area contributed by atoms with Crippen molar-refractivity contribution in [1.29, 1.82) is 0 Å². The van der Waals surface area contributed by atoms with Gasteiger partial charge in [-0.2, -0.15) is 0 Å². The number of ether oxygens (including phenoxy) is 1. The predicted molar refractivity (Wildman–Crippen MR) is 62.9 cm³/mol. The van der Waals surface area contributed by atoms with Crippen molar-refractivity contribution in [3.63, 3.8) is 0 Å². The van der Waals surface area contributed by atoms with Gasteiger partial charge in [-0.05, 0) is 12.1 Å². The molecule has 0 aliphatic carbocycles. The van der Waals surface area contributed by atoms with Crippen LogP contribution >= 0.6 is 0 Å². The fourth-order valence-electron chi connectivity index (χ4n) is 1.90. The molecule has 1 aliphatic rings. The molecule has 0 radical (unpaired) electrons. The van der Waals surface area contributed by atoms with Gasteiger partial charge in [-0.15, -0.1) is 0 Å². The Morgan fingerprint density at radius 3 is 2.69 bits per heavy atom. The number of para-hydroxylation sites is 1. The van der Waals surface area contributed by atoms with Gasteiger partial charge in [0.05, 0.1) is 19.8 Å². The molecule has 16 heavy (non-hydrogen) atoms. The number of benzene rings is 1. The Hall–Kier alpha value is -1.39. The predicted octanol–water partition coefficient (Wildman–Crippen LogP) is 0.665. The summed E-state index contributed by atoms with van der Waals surface area (Å²) in [5.74, 6) is -0.0120. The molecule has 1 fully saturated rings. The fraction of sp³-hybridized carbons (Fsp3) is 0.417. The Bertz CT molecular complexity index is 373. The first kappa shape index (κ1) is 11.1. The van der Waals surface area contributed by atoms with Crippen LogP contribution in [-0.2, 0) is 4.74 Å². The van der Waals surface area contributed by atoms with Gasteiger partial charge in [-0.1, -0.05) is 12.1 Å². The summed E-state index contributed by atoms with van der Waals surface area (Å²) in [5, 5.41) is 0. The Kier molecular flexibility index (Phi) is 3.54. The van der Waals surface area contributed by atoms with Crippen LogP contribution in [0.1, 0.15) is 10.4 Å². The molecule has 0 bridgehead atoms. The van der Waals surface area contributed by atoms with E-state index in [1.54, 1.807) is 0 Å². The number of Topliss-reactive ketones (excluding diaryl/α,β-unsaturated/α-hetero) is 1. The van der Waals surface area contributed by atoms with Crippen LogP contribution in [0.5, 0.6) is 0 Å². The lowest BCUT2D eigenvalue weighted by atomic mass is 10.1. The molecule has 86 valence electrons. The third-order valence-corrected chi connectivity index (χ3v) is 2.74. The molecule has 0 spiro atoms. The van der Waals surface area contributed by atoms with Crippen LogP contribution in [0.3, 0.4) is 0 Å². The Labute approximate surface area is 95.0 Å². The van der Waals surface area contributed by atoms with Gasteiger partial charge >= 0.3 is 0 Å². The highest BCUT2D eigenvalue weighted by Crippen LogP contribution is 2.21. The highest BCUT2D eigenvalue weighted by Gasteiger charge is 2.17. The van der Waals surface area contributed by atoms with Crippen molar-refractivity contribution >= 4 is 11.5 Å². The van der Waals surface area contributed by atoms with Crippen molar-refractivity contribution in [3.05, 3.63) is 29.8 Å². The van der Waals surface area contributed by atoms with E-state index >= 15 is 0 Å². The second kappa shape index (κ2) is 5.09. The van der Waals surface area contributed by atoms with Crippen LogP contribution in [0.25, 0.3) is 0 Å². The third kappa shape index (κ3) is 2.23. The lowest BCUT2D eigenvalue weighted by Crippen LogP contribution is -2.37. The molecule has 1 aliphatic heterocycles. The van der Waals surface area contributed by atoms with E-state index in [2.05, 4.69) is 4.90 Å². The zero-order chi connectivity index (χ0) is 11.4. The Balaban J connectivity index is 2.28. The van der Waals surface area contributed by atoms with Crippen LogP contribution in [0.4, 0.5) is 5.69 Å². The van der Waals surface area contributed by atoms with E-state index in [0.717, 1.165) is 18.8 Å². The van der Waals surface area contributed by atoms with Crippen LogP contribution in [0.2, 0.25) is 0 Å².